The molecule has 1 atom stereocenters. The third kappa shape index (κ3) is 3.75. The smallest absolute Gasteiger partial charge is 0.317 e. The Morgan fingerprint density at radius 2 is 2.10 bits per heavy atom. The van der Waals surface area contributed by atoms with Gasteiger partial charge in [-0.15, -0.1) is 0 Å². The lowest BCUT2D eigenvalue weighted by Crippen LogP contribution is -2.57. The molecule has 118 valence electrons. The van der Waals surface area contributed by atoms with Crippen LogP contribution in [0.5, 0.6) is 0 Å². The number of carbonyl (C=O) groups is 2. The Labute approximate surface area is 125 Å². The summed E-state index contributed by atoms with van der Waals surface area (Å²) in [6.07, 6.45) is 2.65. The van der Waals surface area contributed by atoms with Gasteiger partial charge in [0.2, 0.25) is 5.91 Å². The Morgan fingerprint density at radius 3 is 2.62 bits per heavy atom. The van der Waals surface area contributed by atoms with Crippen molar-refractivity contribution in [2.75, 3.05) is 26.2 Å². The molecule has 0 radical (unpaired) electrons. The van der Waals surface area contributed by atoms with E-state index in [1.165, 1.54) is 17.1 Å². The predicted octanol–water partition coefficient (Wildman–Crippen LogP) is 0.781. The fourth-order valence-corrected chi connectivity index (χ4v) is 2.49. The average molecular weight is 295 g/mol. The van der Waals surface area contributed by atoms with E-state index in [1.807, 2.05) is 4.90 Å². The van der Waals surface area contributed by atoms with Gasteiger partial charge in [0.25, 0.3) is 0 Å². The second-order valence-corrected chi connectivity index (χ2v) is 6.86. The zero-order valence-corrected chi connectivity index (χ0v) is 13.0. The van der Waals surface area contributed by atoms with Crippen LogP contribution in [0.15, 0.2) is 12.2 Å². The van der Waals surface area contributed by atoms with Gasteiger partial charge in [-0.1, -0.05) is 20.8 Å². The molecule has 0 spiro atoms. The van der Waals surface area contributed by atoms with Crippen molar-refractivity contribution in [3.8, 4) is 0 Å². The van der Waals surface area contributed by atoms with E-state index in [0.29, 0.717) is 25.4 Å². The number of aliphatic hydroxyl groups is 1. The number of aliphatic hydroxyl groups excluding tert-OH is 1. The van der Waals surface area contributed by atoms with Crippen LogP contribution in [0.4, 0.5) is 4.79 Å². The minimum absolute atomic E-state index is 0.0399. The molecule has 1 unspecified atom stereocenters. The van der Waals surface area contributed by atoms with Gasteiger partial charge in [-0.05, 0) is 23.8 Å². The van der Waals surface area contributed by atoms with Crippen LogP contribution in [0.3, 0.4) is 0 Å². The van der Waals surface area contributed by atoms with Crippen LogP contribution in [0.25, 0.3) is 0 Å². The van der Waals surface area contributed by atoms with Crippen molar-refractivity contribution >= 4 is 11.9 Å². The van der Waals surface area contributed by atoms with Crippen LogP contribution >= 0.6 is 0 Å². The third-order valence-corrected chi connectivity index (χ3v) is 4.26. The fourth-order valence-electron chi connectivity index (χ4n) is 2.49. The summed E-state index contributed by atoms with van der Waals surface area (Å²) in [6, 6.07) is -0.0399. The molecule has 0 bridgehead atoms. The molecule has 1 fully saturated rings. The van der Waals surface area contributed by atoms with E-state index >= 15 is 0 Å². The first-order valence-corrected chi connectivity index (χ1v) is 7.48. The van der Waals surface area contributed by atoms with Crippen LogP contribution in [-0.2, 0) is 4.79 Å². The van der Waals surface area contributed by atoms with E-state index in [0.717, 1.165) is 13.1 Å². The molecule has 21 heavy (non-hydrogen) atoms. The molecule has 2 heterocycles. The molecule has 0 aliphatic carbocycles. The highest BCUT2D eigenvalue weighted by atomic mass is 16.3. The number of hydrogen-bond donors (Lipinski definition) is 2. The summed E-state index contributed by atoms with van der Waals surface area (Å²) in [5.74, 6) is 0.385. The molecular formula is C15H25N3O3. The van der Waals surface area contributed by atoms with Gasteiger partial charge in [-0.3, -0.25) is 4.79 Å². The van der Waals surface area contributed by atoms with Gasteiger partial charge in [0, 0.05) is 32.3 Å². The van der Waals surface area contributed by atoms with Crippen molar-refractivity contribution in [2.24, 2.45) is 11.3 Å². The van der Waals surface area contributed by atoms with Gasteiger partial charge in [-0.25, -0.2) is 4.79 Å². The van der Waals surface area contributed by atoms with Crippen LogP contribution < -0.4 is 5.32 Å². The third-order valence-electron chi connectivity index (χ3n) is 4.26. The normalized spacial score (nSPS) is 22.7. The molecule has 0 saturated carbocycles. The number of hydrogen-bond acceptors (Lipinski definition) is 3. The highest BCUT2D eigenvalue weighted by Gasteiger charge is 2.37. The Bertz CT molecular complexity index is 436. The van der Waals surface area contributed by atoms with Crippen molar-refractivity contribution < 1.29 is 14.7 Å². The highest BCUT2D eigenvalue weighted by molar-refractivity contribution is 5.90. The summed E-state index contributed by atoms with van der Waals surface area (Å²) in [5.41, 5.74) is 0.246. The molecule has 0 aromatic rings. The monoisotopic (exact) mass is 295 g/mol. The molecule has 2 rings (SSSR count). The van der Waals surface area contributed by atoms with E-state index in [2.05, 4.69) is 26.1 Å². The highest BCUT2D eigenvalue weighted by Crippen LogP contribution is 2.33. The Morgan fingerprint density at radius 1 is 1.43 bits per heavy atom. The van der Waals surface area contributed by atoms with E-state index in [-0.39, 0.29) is 17.4 Å². The maximum absolute atomic E-state index is 11.9. The van der Waals surface area contributed by atoms with Crippen molar-refractivity contribution in [1.82, 2.24) is 15.1 Å². The van der Waals surface area contributed by atoms with Crippen molar-refractivity contribution in [1.29, 1.82) is 0 Å². The fraction of sp³-hybridized carbons (Fsp3) is 0.733. The largest absolute Gasteiger partial charge is 0.370 e. The molecule has 0 aromatic heterocycles. The maximum Gasteiger partial charge on any atom is 0.317 e. The lowest BCUT2D eigenvalue weighted by Gasteiger charge is -2.46. The Kier molecular flexibility index (Phi) is 4.56. The SMILES string of the molecule is CC(C)(C)C1CN(C(=O)NCCCN2C(=O)C=CC2O)C1. The topological polar surface area (TPSA) is 72.9 Å². The maximum atomic E-state index is 11.9. The van der Waals surface area contributed by atoms with Gasteiger partial charge >= 0.3 is 6.03 Å². The van der Waals surface area contributed by atoms with Crippen LogP contribution in [0.1, 0.15) is 27.2 Å². The van der Waals surface area contributed by atoms with Crippen molar-refractivity contribution in [3.63, 3.8) is 0 Å². The molecule has 2 aliphatic rings. The molecule has 2 N–H and O–H groups in total. The van der Waals surface area contributed by atoms with Gasteiger partial charge in [0.1, 0.15) is 6.23 Å². The van der Waals surface area contributed by atoms with Crippen molar-refractivity contribution in [3.05, 3.63) is 12.2 Å². The van der Waals surface area contributed by atoms with E-state index in [4.69, 9.17) is 0 Å². The standard InChI is InChI=1S/C15H25N3O3/c1-15(2,3)11-9-17(10-11)14(21)16-7-4-8-18-12(19)5-6-13(18)20/h5-6,11-12,19H,4,7-10H2,1-3H3,(H,16,21). The zero-order valence-electron chi connectivity index (χ0n) is 13.0. The number of nitrogens with zero attached hydrogens (tertiary/aromatic N) is 2. The average Bonchev–Trinajstić information content (AvgIpc) is 2.61. The molecular weight excluding hydrogens is 270 g/mol. The van der Waals surface area contributed by atoms with Gasteiger partial charge in [0.15, 0.2) is 0 Å². The summed E-state index contributed by atoms with van der Waals surface area (Å²) in [7, 11) is 0. The summed E-state index contributed by atoms with van der Waals surface area (Å²) < 4.78 is 0. The van der Waals surface area contributed by atoms with E-state index in [9.17, 15) is 14.7 Å². The zero-order chi connectivity index (χ0) is 15.6. The number of likely N-dealkylation sites (tertiary alicyclic amines) is 1. The van der Waals surface area contributed by atoms with Crippen LogP contribution in [-0.4, -0.2) is 59.3 Å². The molecule has 1 saturated heterocycles. The summed E-state index contributed by atoms with van der Waals surface area (Å²) in [4.78, 5) is 26.5. The van der Waals surface area contributed by atoms with Gasteiger partial charge < -0.3 is 20.2 Å². The first-order chi connectivity index (χ1) is 9.79. The lowest BCUT2D eigenvalue weighted by atomic mass is 9.76. The Hall–Kier alpha value is -1.56. The number of rotatable bonds is 4. The number of carbonyl (C=O) groups excluding carboxylic acids is 2. The van der Waals surface area contributed by atoms with E-state index in [1.54, 1.807) is 0 Å². The quantitative estimate of drug-likeness (QED) is 0.753. The number of urea groups is 1. The van der Waals surface area contributed by atoms with Crippen LogP contribution in [0, 0.1) is 11.3 Å². The number of nitrogens with one attached hydrogen (secondary N) is 1. The second-order valence-electron chi connectivity index (χ2n) is 6.86. The first-order valence-electron chi connectivity index (χ1n) is 7.48. The minimum atomic E-state index is -0.823. The molecule has 6 nitrogen and oxygen atoms in total. The molecule has 6 heteroatoms. The summed E-state index contributed by atoms with van der Waals surface area (Å²) in [5, 5.41) is 12.4. The summed E-state index contributed by atoms with van der Waals surface area (Å²) >= 11 is 0. The van der Waals surface area contributed by atoms with E-state index < -0.39 is 6.23 Å². The molecule has 3 amide bonds. The molecule has 2 aliphatic heterocycles. The van der Waals surface area contributed by atoms with Gasteiger partial charge in [0.05, 0.1) is 0 Å². The predicted molar refractivity (Wildman–Crippen MR) is 79.4 cm³/mol. The van der Waals surface area contributed by atoms with Crippen LogP contribution in [0.2, 0.25) is 0 Å². The number of amides is 3. The minimum Gasteiger partial charge on any atom is -0.370 e. The van der Waals surface area contributed by atoms with Crippen molar-refractivity contribution in [2.45, 2.75) is 33.4 Å². The Balaban J connectivity index is 1.60. The lowest BCUT2D eigenvalue weighted by molar-refractivity contribution is -0.130. The summed E-state index contributed by atoms with van der Waals surface area (Å²) in [6.45, 7) is 9.15. The molecule has 0 aromatic carbocycles. The second kappa shape index (κ2) is 6.05. The van der Waals surface area contributed by atoms with Gasteiger partial charge in [-0.2, -0.15) is 0 Å². The first kappa shape index (κ1) is 15.8.